The minimum atomic E-state index is -0.836. The normalized spacial score (nSPS) is 12.1. The molecule has 0 saturated carbocycles. The first kappa shape index (κ1) is 14.3. The molecular weight excluding hydrogens is 226 g/mol. The highest BCUT2D eigenvalue weighted by molar-refractivity contribution is 5.69. The molecule has 0 aliphatic rings. The van der Waals surface area contributed by atoms with Gasteiger partial charge in [0.05, 0.1) is 13.1 Å². The molecule has 0 bridgehead atoms. The van der Waals surface area contributed by atoms with Crippen molar-refractivity contribution in [3.63, 3.8) is 0 Å². The van der Waals surface area contributed by atoms with E-state index >= 15 is 0 Å². The Morgan fingerprint density at radius 2 is 2.11 bits per heavy atom. The Hall–Kier alpha value is -1.79. The van der Waals surface area contributed by atoms with E-state index in [0.717, 1.165) is 12.8 Å². The van der Waals surface area contributed by atoms with Crippen molar-refractivity contribution in [3.8, 4) is 12.3 Å². The minimum Gasteiger partial charge on any atom is -0.480 e. The predicted octanol–water partition coefficient (Wildman–Crippen LogP) is 2.03. The third kappa shape index (κ3) is 4.60. The van der Waals surface area contributed by atoms with Crippen LogP contribution >= 0.6 is 0 Å². The van der Waals surface area contributed by atoms with Crippen molar-refractivity contribution in [2.75, 3.05) is 13.1 Å². The van der Waals surface area contributed by atoms with Crippen molar-refractivity contribution < 1.29 is 9.90 Å². The van der Waals surface area contributed by atoms with Gasteiger partial charge in [0.15, 0.2) is 0 Å². The summed E-state index contributed by atoms with van der Waals surface area (Å²) in [4.78, 5) is 12.7. The molecule has 1 aromatic rings. The Kier molecular flexibility index (Phi) is 5.96. The molecule has 0 radical (unpaired) electrons. The van der Waals surface area contributed by atoms with Crippen LogP contribution in [-0.4, -0.2) is 35.1 Å². The van der Waals surface area contributed by atoms with Gasteiger partial charge < -0.3 is 5.11 Å². The van der Waals surface area contributed by atoms with Gasteiger partial charge in [0, 0.05) is 6.04 Å². The summed E-state index contributed by atoms with van der Waals surface area (Å²) in [6.07, 6.45) is 7.01. The maximum atomic E-state index is 10.8. The van der Waals surface area contributed by atoms with E-state index in [-0.39, 0.29) is 12.6 Å². The van der Waals surface area contributed by atoms with Crippen molar-refractivity contribution in [2.24, 2.45) is 0 Å². The summed E-state index contributed by atoms with van der Waals surface area (Å²) >= 11 is 0. The predicted molar refractivity (Wildman–Crippen MR) is 72.3 cm³/mol. The minimum absolute atomic E-state index is 0.00442. The van der Waals surface area contributed by atoms with Crippen molar-refractivity contribution in [2.45, 2.75) is 25.8 Å². The monoisotopic (exact) mass is 245 g/mol. The largest absolute Gasteiger partial charge is 0.480 e. The van der Waals surface area contributed by atoms with Gasteiger partial charge in [0.1, 0.15) is 0 Å². The first-order valence-electron chi connectivity index (χ1n) is 6.10. The molecule has 0 amide bonds. The summed E-state index contributed by atoms with van der Waals surface area (Å²) in [6, 6.07) is 10.2. The standard InChI is InChI=1S/C15H19NO2/c1-3-10-16(12-15(17)18)14(4-2)11-13-8-6-5-7-9-13/h1,5-9,14H,4,10-12H2,2H3,(H,17,18). The van der Waals surface area contributed by atoms with Gasteiger partial charge in [0.2, 0.25) is 0 Å². The van der Waals surface area contributed by atoms with Crippen LogP contribution in [0.25, 0.3) is 0 Å². The molecule has 1 aromatic carbocycles. The SMILES string of the molecule is C#CCN(CC(=O)O)C(CC)Cc1ccccc1. The molecule has 18 heavy (non-hydrogen) atoms. The molecule has 0 spiro atoms. The van der Waals surface area contributed by atoms with E-state index in [9.17, 15) is 4.79 Å². The van der Waals surface area contributed by atoms with Crippen LogP contribution in [0.3, 0.4) is 0 Å². The number of carboxylic acids is 1. The van der Waals surface area contributed by atoms with Gasteiger partial charge in [-0.3, -0.25) is 9.69 Å². The Morgan fingerprint density at radius 1 is 1.44 bits per heavy atom. The van der Waals surface area contributed by atoms with Crippen LogP contribution in [0.4, 0.5) is 0 Å². The molecule has 1 atom stereocenters. The van der Waals surface area contributed by atoms with Crippen LogP contribution in [0.15, 0.2) is 30.3 Å². The molecule has 0 saturated heterocycles. The fraction of sp³-hybridized carbons (Fsp3) is 0.400. The van der Waals surface area contributed by atoms with Gasteiger partial charge in [-0.1, -0.05) is 43.2 Å². The number of carbonyl (C=O) groups is 1. The van der Waals surface area contributed by atoms with Crippen LogP contribution in [0.1, 0.15) is 18.9 Å². The molecule has 0 aromatic heterocycles. The molecule has 0 aliphatic carbocycles. The van der Waals surface area contributed by atoms with E-state index in [0.29, 0.717) is 6.54 Å². The number of rotatable bonds is 7. The highest BCUT2D eigenvalue weighted by atomic mass is 16.4. The molecule has 1 unspecified atom stereocenters. The van der Waals surface area contributed by atoms with E-state index in [1.54, 1.807) is 0 Å². The van der Waals surface area contributed by atoms with Crippen LogP contribution in [0, 0.1) is 12.3 Å². The van der Waals surface area contributed by atoms with Crippen LogP contribution in [0.5, 0.6) is 0 Å². The third-order valence-corrected chi connectivity index (χ3v) is 2.93. The van der Waals surface area contributed by atoms with Gasteiger partial charge in [0.25, 0.3) is 0 Å². The summed E-state index contributed by atoms with van der Waals surface area (Å²) in [6.45, 7) is 2.42. The number of hydrogen-bond donors (Lipinski definition) is 1. The summed E-state index contributed by atoms with van der Waals surface area (Å²) in [7, 11) is 0. The molecule has 1 rings (SSSR count). The van der Waals surface area contributed by atoms with Gasteiger partial charge in [-0.25, -0.2) is 0 Å². The zero-order valence-electron chi connectivity index (χ0n) is 10.7. The molecule has 3 nitrogen and oxygen atoms in total. The van der Waals surface area contributed by atoms with E-state index in [1.165, 1.54) is 5.56 Å². The lowest BCUT2D eigenvalue weighted by Gasteiger charge is -2.28. The van der Waals surface area contributed by atoms with Crippen molar-refractivity contribution in [1.82, 2.24) is 4.90 Å². The van der Waals surface area contributed by atoms with Gasteiger partial charge in [-0.15, -0.1) is 6.42 Å². The maximum absolute atomic E-state index is 10.8. The molecule has 1 N–H and O–H groups in total. The molecule has 0 aliphatic heterocycles. The molecule has 3 heteroatoms. The number of hydrogen-bond acceptors (Lipinski definition) is 2. The maximum Gasteiger partial charge on any atom is 0.317 e. The average molecular weight is 245 g/mol. The zero-order valence-corrected chi connectivity index (χ0v) is 10.7. The van der Waals surface area contributed by atoms with Crippen LogP contribution < -0.4 is 0 Å². The lowest BCUT2D eigenvalue weighted by molar-refractivity contribution is -0.138. The fourth-order valence-corrected chi connectivity index (χ4v) is 2.02. The molecular formula is C15H19NO2. The van der Waals surface area contributed by atoms with Crippen LogP contribution in [0.2, 0.25) is 0 Å². The van der Waals surface area contributed by atoms with Gasteiger partial charge >= 0.3 is 5.97 Å². The van der Waals surface area contributed by atoms with E-state index in [4.69, 9.17) is 11.5 Å². The average Bonchev–Trinajstić information content (AvgIpc) is 2.36. The van der Waals surface area contributed by atoms with Crippen LogP contribution in [-0.2, 0) is 11.2 Å². The number of terminal acetylenes is 1. The highest BCUT2D eigenvalue weighted by Gasteiger charge is 2.18. The number of aliphatic carboxylic acids is 1. The molecule has 0 heterocycles. The highest BCUT2D eigenvalue weighted by Crippen LogP contribution is 2.11. The second-order valence-corrected chi connectivity index (χ2v) is 4.25. The van der Waals surface area contributed by atoms with E-state index < -0.39 is 5.97 Å². The number of carboxylic acid groups (broad SMARTS) is 1. The quantitative estimate of drug-likeness (QED) is 0.747. The summed E-state index contributed by atoms with van der Waals surface area (Å²) < 4.78 is 0. The number of benzene rings is 1. The van der Waals surface area contributed by atoms with Crippen molar-refractivity contribution >= 4 is 5.97 Å². The Morgan fingerprint density at radius 3 is 2.61 bits per heavy atom. The van der Waals surface area contributed by atoms with Gasteiger partial charge in [-0.05, 0) is 18.4 Å². The van der Waals surface area contributed by atoms with E-state index in [1.807, 2.05) is 23.1 Å². The summed E-state index contributed by atoms with van der Waals surface area (Å²) in [5, 5.41) is 8.91. The van der Waals surface area contributed by atoms with Gasteiger partial charge in [-0.2, -0.15) is 0 Å². The molecule has 96 valence electrons. The summed E-state index contributed by atoms with van der Waals surface area (Å²) in [5.41, 5.74) is 1.21. The topological polar surface area (TPSA) is 40.5 Å². The lowest BCUT2D eigenvalue weighted by atomic mass is 10.0. The summed E-state index contributed by atoms with van der Waals surface area (Å²) in [5.74, 6) is 1.70. The Bertz CT molecular complexity index is 408. The van der Waals surface area contributed by atoms with Crippen molar-refractivity contribution in [3.05, 3.63) is 35.9 Å². The number of nitrogens with zero attached hydrogens (tertiary/aromatic N) is 1. The molecule has 0 fully saturated rings. The van der Waals surface area contributed by atoms with E-state index in [2.05, 4.69) is 25.0 Å². The smallest absolute Gasteiger partial charge is 0.317 e. The van der Waals surface area contributed by atoms with Crippen molar-refractivity contribution in [1.29, 1.82) is 0 Å². The lowest BCUT2D eigenvalue weighted by Crippen LogP contribution is -2.40. The Labute approximate surface area is 108 Å². The first-order valence-corrected chi connectivity index (χ1v) is 6.10. The third-order valence-electron chi connectivity index (χ3n) is 2.93. The second kappa shape index (κ2) is 7.52. The zero-order chi connectivity index (χ0) is 13.4. The Balaban J connectivity index is 2.73. The fourth-order valence-electron chi connectivity index (χ4n) is 2.02. The first-order chi connectivity index (χ1) is 8.67. The second-order valence-electron chi connectivity index (χ2n) is 4.25.